The molecular formula is C21H21N5O2. The number of anilines is 1. The molecule has 0 spiro atoms. The highest BCUT2D eigenvalue weighted by molar-refractivity contribution is 5.94. The average Bonchev–Trinajstić information content (AvgIpc) is 2.74. The maximum Gasteiger partial charge on any atom is 0.251 e. The number of nitrogens with one attached hydrogen (secondary N) is 2. The zero-order chi connectivity index (χ0) is 19.8. The van der Waals surface area contributed by atoms with Crippen LogP contribution in [0.5, 0.6) is 0 Å². The zero-order valence-corrected chi connectivity index (χ0v) is 15.6. The molecule has 0 fully saturated rings. The van der Waals surface area contributed by atoms with Gasteiger partial charge >= 0.3 is 0 Å². The number of benzene rings is 2. The Bertz CT molecular complexity index is 996. The van der Waals surface area contributed by atoms with Crippen molar-refractivity contribution in [3.63, 3.8) is 0 Å². The van der Waals surface area contributed by atoms with Crippen molar-refractivity contribution < 1.29 is 9.53 Å². The molecule has 28 heavy (non-hydrogen) atoms. The Labute approximate surface area is 163 Å². The number of ether oxygens (including phenoxy) is 1. The minimum absolute atomic E-state index is 0.109. The number of fused-ring (bicyclic) bond motifs is 1. The van der Waals surface area contributed by atoms with E-state index in [1.807, 2.05) is 30.3 Å². The predicted molar refractivity (Wildman–Crippen MR) is 107 cm³/mol. The van der Waals surface area contributed by atoms with Gasteiger partial charge in [-0.2, -0.15) is 5.26 Å². The second-order valence-corrected chi connectivity index (χ2v) is 6.19. The molecule has 142 valence electrons. The van der Waals surface area contributed by atoms with E-state index in [1.165, 1.54) is 6.33 Å². The van der Waals surface area contributed by atoms with Crippen LogP contribution < -0.4 is 10.6 Å². The summed E-state index contributed by atoms with van der Waals surface area (Å²) < 4.78 is 4.92. The van der Waals surface area contributed by atoms with Gasteiger partial charge < -0.3 is 15.4 Å². The molecule has 3 rings (SSSR count). The first-order valence-corrected chi connectivity index (χ1v) is 8.96. The van der Waals surface area contributed by atoms with E-state index < -0.39 is 0 Å². The van der Waals surface area contributed by atoms with Gasteiger partial charge in [0.1, 0.15) is 12.1 Å². The maximum absolute atomic E-state index is 12.0. The SMILES string of the molecule is COCCNC(=O)c1ccc(CCNc2ncnc3ccc(C#N)cc23)cc1. The van der Waals surface area contributed by atoms with Gasteiger partial charge in [-0.05, 0) is 42.3 Å². The first-order valence-electron chi connectivity index (χ1n) is 8.96. The number of aromatic nitrogens is 2. The first-order chi connectivity index (χ1) is 13.7. The number of amides is 1. The van der Waals surface area contributed by atoms with Crippen LogP contribution >= 0.6 is 0 Å². The highest BCUT2D eigenvalue weighted by atomic mass is 16.5. The van der Waals surface area contributed by atoms with Crippen LogP contribution in [0.1, 0.15) is 21.5 Å². The van der Waals surface area contributed by atoms with Gasteiger partial charge in [0.2, 0.25) is 0 Å². The number of rotatable bonds is 8. The van der Waals surface area contributed by atoms with Crippen molar-refractivity contribution in [2.24, 2.45) is 0 Å². The van der Waals surface area contributed by atoms with Crippen LogP contribution in [-0.4, -0.2) is 42.7 Å². The van der Waals surface area contributed by atoms with E-state index in [2.05, 4.69) is 26.7 Å². The van der Waals surface area contributed by atoms with Crippen LogP contribution in [0.25, 0.3) is 10.9 Å². The number of hydrogen-bond donors (Lipinski definition) is 2. The molecule has 0 atom stereocenters. The fraction of sp³-hybridized carbons (Fsp3) is 0.238. The third-order valence-electron chi connectivity index (χ3n) is 4.28. The van der Waals surface area contributed by atoms with Crippen LogP contribution in [0.4, 0.5) is 5.82 Å². The van der Waals surface area contributed by atoms with E-state index in [-0.39, 0.29) is 5.91 Å². The molecule has 0 radical (unpaired) electrons. The Balaban J connectivity index is 1.59. The number of hydrogen-bond acceptors (Lipinski definition) is 6. The van der Waals surface area contributed by atoms with Crippen molar-refractivity contribution >= 4 is 22.6 Å². The Kier molecular flexibility index (Phi) is 6.50. The number of nitriles is 1. The van der Waals surface area contributed by atoms with Crippen molar-refractivity contribution in [1.29, 1.82) is 5.26 Å². The number of carbonyl (C=O) groups excluding carboxylic acids is 1. The van der Waals surface area contributed by atoms with E-state index in [0.717, 1.165) is 22.9 Å². The summed E-state index contributed by atoms with van der Waals surface area (Å²) in [6.45, 7) is 1.65. The Morgan fingerprint density at radius 1 is 1.14 bits per heavy atom. The molecule has 0 bridgehead atoms. The second-order valence-electron chi connectivity index (χ2n) is 6.19. The summed E-state index contributed by atoms with van der Waals surface area (Å²) in [5.41, 5.74) is 3.10. The lowest BCUT2D eigenvalue weighted by atomic mass is 10.1. The normalized spacial score (nSPS) is 10.4. The quantitative estimate of drug-likeness (QED) is 0.587. The smallest absolute Gasteiger partial charge is 0.251 e. The lowest BCUT2D eigenvalue weighted by Gasteiger charge is -2.09. The average molecular weight is 375 g/mol. The standard InChI is InChI=1S/C21H21N5O2/c1-28-11-10-24-21(27)17-5-2-15(3-6-17)8-9-23-20-18-12-16(13-22)4-7-19(18)25-14-26-20/h2-7,12,14H,8-11H2,1H3,(H,24,27)(H,23,25,26). The summed E-state index contributed by atoms with van der Waals surface area (Å²) in [5.74, 6) is 0.596. The van der Waals surface area contributed by atoms with Crippen LogP contribution in [0, 0.1) is 11.3 Å². The lowest BCUT2D eigenvalue weighted by molar-refractivity contribution is 0.0937. The molecule has 7 nitrogen and oxygen atoms in total. The van der Waals surface area contributed by atoms with Gasteiger partial charge in [-0.15, -0.1) is 0 Å². The van der Waals surface area contributed by atoms with E-state index >= 15 is 0 Å². The molecule has 1 aromatic heterocycles. The molecule has 0 aliphatic rings. The van der Waals surface area contributed by atoms with Gasteiger partial charge in [0.15, 0.2) is 0 Å². The summed E-state index contributed by atoms with van der Waals surface area (Å²) in [5, 5.41) is 16.0. The second kappa shape index (κ2) is 9.44. The van der Waals surface area contributed by atoms with E-state index in [9.17, 15) is 4.79 Å². The maximum atomic E-state index is 12.0. The molecule has 3 aromatic rings. The first kappa shape index (κ1) is 19.3. The molecule has 0 aliphatic heterocycles. The third kappa shape index (κ3) is 4.81. The van der Waals surface area contributed by atoms with Gasteiger partial charge in [0.05, 0.1) is 23.8 Å². The Morgan fingerprint density at radius 3 is 2.71 bits per heavy atom. The largest absolute Gasteiger partial charge is 0.383 e. The molecule has 2 aromatic carbocycles. The summed E-state index contributed by atoms with van der Waals surface area (Å²) in [7, 11) is 1.60. The fourth-order valence-corrected chi connectivity index (χ4v) is 2.78. The van der Waals surface area contributed by atoms with Crippen LogP contribution in [0.3, 0.4) is 0 Å². The summed E-state index contributed by atoms with van der Waals surface area (Å²) in [4.78, 5) is 20.5. The number of carbonyl (C=O) groups is 1. The highest BCUT2D eigenvalue weighted by Gasteiger charge is 2.06. The zero-order valence-electron chi connectivity index (χ0n) is 15.6. The summed E-state index contributed by atoms with van der Waals surface area (Å²) >= 11 is 0. The number of methoxy groups -OCH3 is 1. The predicted octanol–water partition coefficient (Wildman–Crippen LogP) is 2.53. The van der Waals surface area contributed by atoms with Gasteiger partial charge in [-0.1, -0.05) is 12.1 Å². The molecular weight excluding hydrogens is 354 g/mol. The third-order valence-corrected chi connectivity index (χ3v) is 4.28. The van der Waals surface area contributed by atoms with Crippen LogP contribution in [0.2, 0.25) is 0 Å². The number of nitrogens with zero attached hydrogens (tertiary/aromatic N) is 3. The van der Waals surface area contributed by atoms with Crippen molar-refractivity contribution in [2.45, 2.75) is 6.42 Å². The lowest BCUT2D eigenvalue weighted by Crippen LogP contribution is -2.26. The van der Waals surface area contributed by atoms with E-state index in [4.69, 9.17) is 10.00 Å². The van der Waals surface area contributed by atoms with Crippen LogP contribution in [0.15, 0.2) is 48.8 Å². The molecule has 7 heteroatoms. The van der Waals surface area contributed by atoms with Crippen molar-refractivity contribution in [3.8, 4) is 6.07 Å². The molecule has 0 aliphatic carbocycles. The molecule has 2 N–H and O–H groups in total. The van der Waals surface area contributed by atoms with E-state index in [1.54, 1.807) is 19.2 Å². The molecule has 0 unspecified atom stereocenters. The Morgan fingerprint density at radius 2 is 1.96 bits per heavy atom. The van der Waals surface area contributed by atoms with Gasteiger partial charge in [0.25, 0.3) is 5.91 Å². The molecule has 0 saturated heterocycles. The summed E-state index contributed by atoms with van der Waals surface area (Å²) in [6, 6.07) is 15.0. The summed E-state index contributed by atoms with van der Waals surface area (Å²) in [6.07, 6.45) is 2.28. The van der Waals surface area contributed by atoms with Gasteiger partial charge in [-0.25, -0.2) is 9.97 Å². The Hall–Kier alpha value is -3.50. The highest BCUT2D eigenvalue weighted by Crippen LogP contribution is 2.20. The topological polar surface area (TPSA) is 99.9 Å². The molecule has 1 heterocycles. The minimum Gasteiger partial charge on any atom is -0.383 e. The fourth-order valence-electron chi connectivity index (χ4n) is 2.78. The monoisotopic (exact) mass is 375 g/mol. The minimum atomic E-state index is -0.109. The van der Waals surface area contributed by atoms with E-state index in [0.29, 0.717) is 36.6 Å². The van der Waals surface area contributed by atoms with Gasteiger partial charge in [-0.3, -0.25) is 4.79 Å². The van der Waals surface area contributed by atoms with Gasteiger partial charge in [0, 0.05) is 31.1 Å². The van der Waals surface area contributed by atoms with Crippen molar-refractivity contribution in [2.75, 3.05) is 32.1 Å². The van der Waals surface area contributed by atoms with Crippen LogP contribution in [-0.2, 0) is 11.2 Å². The molecule has 1 amide bonds. The molecule has 0 saturated carbocycles. The van der Waals surface area contributed by atoms with Crippen molar-refractivity contribution in [3.05, 3.63) is 65.5 Å². The van der Waals surface area contributed by atoms with Crippen molar-refractivity contribution in [1.82, 2.24) is 15.3 Å².